The molecule has 90 valence electrons. The molecule has 0 saturated carbocycles. The van der Waals surface area contributed by atoms with Crippen LogP contribution in [-0.4, -0.2) is 56.3 Å². The third-order valence-corrected chi connectivity index (χ3v) is 2.75. The van der Waals surface area contributed by atoms with E-state index in [1.165, 1.54) is 7.05 Å². The van der Waals surface area contributed by atoms with Gasteiger partial charge >= 0.3 is 0 Å². The molecule has 0 spiro atoms. The summed E-state index contributed by atoms with van der Waals surface area (Å²) in [6.07, 6.45) is -1.76. The number of nitrogens with one attached hydrogen (secondary N) is 1. The van der Waals surface area contributed by atoms with E-state index in [1.807, 2.05) is 6.92 Å². The first-order valence-electron chi connectivity index (χ1n) is 5.47. The number of carbonyl (C=O) groups excluding carboxylic acids is 1. The van der Waals surface area contributed by atoms with E-state index in [0.717, 1.165) is 0 Å². The van der Waals surface area contributed by atoms with Crippen molar-refractivity contribution < 1.29 is 19.4 Å². The molecule has 1 saturated heterocycles. The number of hydrogen-bond acceptors (Lipinski definition) is 4. The predicted octanol–water partition coefficient (Wildman–Crippen LogP) is -0.830. The van der Waals surface area contributed by atoms with Crippen LogP contribution >= 0.6 is 0 Å². The van der Waals surface area contributed by atoms with Gasteiger partial charge in [0, 0.05) is 13.1 Å². The lowest BCUT2D eigenvalue weighted by Gasteiger charge is -2.22. The summed E-state index contributed by atoms with van der Waals surface area (Å²) in [6.45, 7) is 3.50. The van der Waals surface area contributed by atoms with E-state index in [1.54, 1.807) is 6.92 Å². The highest BCUT2D eigenvalue weighted by Gasteiger charge is 2.41. The Morgan fingerprint density at radius 1 is 1.69 bits per heavy atom. The predicted molar refractivity (Wildman–Crippen MR) is 59.1 cm³/mol. The Labute approximate surface area is 96.9 Å². The Morgan fingerprint density at radius 3 is 2.75 bits per heavy atom. The van der Waals surface area contributed by atoms with Gasteiger partial charge in [0.25, 0.3) is 0 Å². The smallest absolute Gasteiger partial charge is 0.248 e. The Kier molecular flexibility index (Phi) is 4.77. The molecule has 1 unspecified atom stereocenters. The van der Waals surface area contributed by atoms with Crippen molar-refractivity contribution in [3.05, 3.63) is 0 Å². The molecular weight excluding hydrogens is 209 g/mol. The molecule has 6 heteroatoms. The van der Waals surface area contributed by atoms with Crippen molar-refractivity contribution in [1.82, 2.24) is 5.32 Å². The molecule has 1 rings (SSSR count). The average molecular weight is 227 g/mol. The zero-order valence-corrected chi connectivity index (χ0v) is 9.84. The standard InChI is InChI=1S/C10H18BNO4/c1-4-6-7(13)8(9(11)16-6)15-5(2)10(14)12-3/h5-9,13H,4H2,1-3H3,(H,12,14)/t5-,6+,7?,8-,9+/m0/s1. The number of amides is 1. The molecule has 1 heterocycles. The van der Waals surface area contributed by atoms with E-state index < -0.39 is 24.3 Å². The first-order valence-corrected chi connectivity index (χ1v) is 5.47. The first-order chi connectivity index (χ1) is 7.51. The second kappa shape index (κ2) is 5.66. The van der Waals surface area contributed by atoms with Gasteiger partial charge in [0.05, 0.1) is 6.10 Å². The SMILES string of the molecule is [B][C@@H]1O[C@H](CC)C(O)[C@@H]1O[C@@H](C)C(=O)NC. The van der Waals surface area contributed by atoms with Crippen LogP contribution in [-0.2, 0) is 14.3 Å². The van der Waals surface area contributed by atoms with Crippen LogP contribution in [0, 0.1) is 0 Å². The monoisotopic (exact) mass is 227 g/mol. The van der Waals surface area contributed by atoms with E-state index >= 15 is 0 Å². The maximum Gasteiger partial charge on any atom is 0.248 e. The summed E-state index contributed by atoms with van der Waals surface area (Å²) in [6, 6.07) is -0.688. The van der Waals surface area contributed by atoms with Crippen LogP contribution in [0.25, 0.3) is 0 Å². The molecule has 2 radical (unpaired) electrons. The maximum atomic E-state index is 11.3. The van der Waals surface area contributed by atoms with Crippen molar-refractivity contribution in [2.75, 3.05) is 7.05 Å². The summed E-state index contributed by atoms with van der Waals surface area (Å²) in [5.41, 5.74) is 0. The van der Waals surface area contributed by atoms with Gasteiger partial charge in [-0.3, -0.25) is 4.79 Å². The van der Waals surface area contributed by atoms with Crippen LogP contribution in [0.4, 0.5) is 0 Å². The molecule has 1 aliphatic rings. The molecule has 0 aromatic heterocycles. The topological polar surface area (TPSA) is 67.8 Å². The van der Waals surface area contributed by atoms with Crippen LogP contribution < -0.4 is 5.32 Å². The lowest BCUT2D eigenvalue weighted by atomic mass is 9.92. The Balaban J connectivity index is 2.57. The van der Waals surface area contributed by atoms with Crippen molar-refractivity contribution in [3.63, 3.8) is 0 Å². The molecule has 0 aliphatic carbocycles. The van der Waals surface area contributed by atoms with E-state index in [-0.39, 0.29) is 12.0 Å². The largest absolute Gasteiger partial charge is 0.388 e. The molecule has 0 aromatic carbocycles. The van der Waals surface area contributed by atoms with Gasteiger partial charge in [0.1, 0.15) is 26.2 Å². The van der Waals surface area contributed by atoms with Crippen molar-refractivity contribution in [2.24, 2.45) is 0 Å². The number of carbonyl (C=O) groups is 1. The average Bonchev–Trinajstić information content (AvgIpc) is 2.55. The van der Waals surface area contributed by atoms with Gasteiger partial charge in [-0.2, -0.15) is 0 Å². The number of aliphatic hydroxyl groups excluding tert-OH is 1. The van der Waals surface area contributed by atoms with Crippen LogP contribution in [0.15, 0.2) is 0 Å². The summed E-state index contributed by atoms with van der Waals surface area (Å²) in [7, 11) is 7.21. The second-order valence-electron chi connectivity index (χ2n) is 3.90. The molecule has 16 heavy (non-hydrogen) atoms. The summed E-state index contributed by atoms with van der Waals surface area (Å²) in [5.74, 6) is -0.251. The maximum absolute atomic E-state index is 11.3. The third kappa shape index (κ3) is 2.75. The molecule has 1 aliphatic heterocycles. The minimum absolute atomic E-state index is 0.251. The van der Waals surface area contributed by atoms with Gasteiger partial charge in [-0.05, 0) is 13.3 Å². The quantitative estimate of drug-likeness (QED) is 0.615. The summed E-state index contributed by atoms with van der Waals surface area (Å²) in [4.78, 5) is 11.3. The molecular formula is C10H18BNO4. The van der Waals surface area contributed by atoms with E-state index in [0.29, 0.717) is 6.42 Å². The number of ether oxygens (including phenoxy) is 2. The van der Waals surface area contributed by atoms with Gasteiger partial charge < -0.3 is 19.9 Å². The van der Waals surface area contributed by atoms with E-state index in [4.69, 9.17) is 17.3 Å². The Hall–Kier alpha value is -0.585. The van der Waals surface area contributed by atoms with Crippen LogP contribution in [0.1, 0.15) is 20.3 Å². The lowest BCUT2D eigenvalue weighted by Crippen LogP contribution is -2.42. The van der Waals surface area contributed by atoms with Crippen LogP contribution in [0.5, 0.6) is 0 Å². The van der Waals surface area contributed by atoms with Crippen molar-refractivity contribution in [2.45, 2.75) is 50.7 Å². The van der Waals surface area contributed by atoms with Gasteiger partial charge in [-0.1, -0.05) is 6.92 Å². The zero-order valence-electron chi connectivity index (χ0n) is 9.84. The Morgan fingerprint density at radius 2 is 2.31 bits per heavy atom. The highest BCUT2D eigenvalue weighted by atomic mass is 16.6. The van der Waals surface area contributed by atoms with Crippen molar-refractivity contribution in [1.29, 1.82) is 0 Å². The van der Waals surface area contributed by atoms with E-state index in [9.17, 15) is 9.90 Å². The Bertz CT molecular complexity index is 251. The number of hydrogen-bond donors (Lipinski definition) is 2. The second-order valence-corrected chi connectivity index (χ2v) is 3.90. The van der Waals surface area contributed by atoms with Gasteiger partial charge in [0.15, 0.2) is 0 Å². The van der Waals surface area contributed by atoms with Crippen LogP contribution in [0.3, 0.4) is 0 Å². The minimum Gasteiger partial charge on any atom is -0.388 e. The van der Waals surface area contributed by atoms with Gasteiger partial charge in [-0.25, -0.2) is 0 Å². The highest BCUT2D eigenvalue weighted by molar-refractivity contribution is 6.11. The number of rotatable bonds is 4. The zero-order chi connectivity index (χ0) is 12.3. The summed E-state index contributed by atoms with van der Waals surface area (Å²) >= 11 is 0. The molecule has 2 N–H and O–H groups in total. The lowest BCUT2D eigenvalue weighted by molar-refractivity contribution is -0.138. The fourth-order valence-corrected chi connectivity index (χ4v) is 1.76. The fourth-order valence-electron chi connectivity index (χ4n) is 1.76. The molecule has 1 amide bonds. The van der Waals surface area contributed by atoms with Crippen LogP contribution in [0.2, 0.25) is 0 Å². The van der Waals surface area contributed by atoms with E-state index in [2.05, 4.69) is 5.32 Å². The third-order valence-electron chi connectivity index (χ3n) is 2.75. The van der Waals surface area contributed by atoms with Gasteiger partial charge in [0.2, 0.25) is 5.91 Å². The molecule has 0 aromatic rings. The number of likely N-dealkylation sites (N-methyl/N-ethyl adjacent to an activating group) is 1. The normalized spacial score (nSPS) is 36.0. The van der Waals surface area contributed by atoms with Crippen molar-refractivity contribution >= 4 is 13.8 Å². The van der Waals surface area contributed by atoms with Gasteiger partial charge in [-0.15, -0.1) is 0 Å². The molecule has 1 fully saturated rings. The summed E-state index contributed by atoms with van der Waals surface area (Å²) in [5, 5.41) is 12.3. The molecule has 5 atom stereocenters. The minimum atomic E-state index is -0.785. The molecule has 0 bridgehead atoms. The fraction of sp³-hybridized carbons (Fsp3) is 0.900. The first kappa shape index (κ1) is 13.5. The summed E-state index contributed by atoms with van der Waals surface area (Å²) < 4.78 is 10.7. The van der Waals surface area contributed by atoms with Crippen molar-refractivity contribution in [3.8, 4) is 0 Å². The molecule has 5 nitrogen and oxygen atoms in total. The highest BCUT2D eigenvalue weighted by Crippen LogP contribution is 2.25. The number of aliphatic hydroxyl groups is 1.